The minimum absolute atomic E-state index is 0.216. The van der Waals surface area contributed by atoms with Crippen LogP contribution >= 0.6 is 0 Å². The Morgan fingerprint density at radius 1 is 1.23 bits per heavy atom. The van der Waals surface area contributed by atoms with Crippen molar-refractivity contribution in [3.63, 3.8) is 0 Å². The summed E-state index contributed by atoms with van der Waals surface area (Å²) in [6, 6.07) is 16.7. The molecule has 0 saturated carbocycles. The van der Waals surface area contributed by atoms with E-state index in [0.29, 0.717) is 12.1 Å². The van der Waals surface area contributed by atoms with E-state index in [1.54, 1.807) is 24.7 Å². The molecule has 1 unspecified atom stereocenters. The number of nitrogens with one attached hydrogen (secondary N) is 1. The first kappa shape index (κ1) is 17.4. The van der Waals surface area contributed by atoms with Crippen molar-refractivity contribution in [2.75, 3.05) is 7.11 Å². The quantitative estimate of drug-likeness (QED) is 0.744. The first-order chi connectivity index (χ1) is 12.7. The molecule has 0 radical (unpaired) electrons. The Morgan fingerprint density at radius 3 is 2.54 bits per heavy atom. The molecule has 0 aliphatic rings. The minimum atomic E-state index is -0.690. The van der Waals surface area contributed by atoms with Gasteiger partial charge in [-0.25, -0.2) is 4.98 Å². The summed E-state index contributed by atoms with van der Waals surface area (Å²) in [5.74, 6) is -0.216. The summed E-state index contributed by atoms with van der Waals surface area (Å²) in [4.78, 5) is 16.5. The third-order valence-electron chi connectivity index (χ3n) is 4.02. The zero-order valence-corrected chi connectivity index (χ0v) is 14.3. The highest BCUT2D eigenvalue weighted by Crippen LogP contribution is 2.19. The molecule has 0 aliphatic heterocycles. The molecule has 3 aromatic rings. The van der Waals surface area contributed by atoms with Gasteiger partial charge in [0.15, 0.2) is 6.10 Å². The van der Waals surface area contributed by atoms with E-state index in [1.807, 2.05) is 47.2 Å². The molecule has 3 rings (SSSR count). The molecular weight excluding hydrogens is 328 g/mol. The van der Waals surface area contributed by atoms with Crippen LogP contribution in [0.2, 0.25) is 0 Å². The summed E-state index contributed by atoms with van der Waals surface area (Å²) < 4.78 is 7.26. The molecule has 0 spiro atoms. The predicted octanol–water partition coefficient (Wildman–Crippen LogP) is 2.75. The molecule has 0 bridgehead atoms. The van der Waals surface area contributed by atoms with Crippen molar-refractivity contribution in [3.8, 4) is 11.8 Å². The molecule has 1 N–H and O–H groups in total. The molecule has 6 heteroatoms. The second-order valence-corrected chi connectivity index (χ2v) is 5.70. The lowest BCUT2D eigenvalue weighted by atomic mass is 10.1. The summed E-state index contributed by atoms with van der Waals surface area (Å²) in [5, 5.41) is 11.7. The van der Waals surface area contributed by atoms with E-state index in [2.05, 4.69) is 16.4 Å². The second kappa shape index (κ2) is 8.10. The van der Waals surface area contributed by atoms with Crippen molar-refractivity contribution in [2.24, 2.45) is 0 Å². The van der Waals surface area contributed by atoms with E-state index in [0.717, 1.165) is 16.8 Å². The maximum Gasteiger partial charge on any atom is 0.254 e. The highest BCUT2D eigenvalue weighted by Gasteiger charge is 2.19. The van der Waals surface area contributed by atoms with Gasteiger partial charge in [-0.3, -0.25) is 4.79 Å². The number of amides is 1. The summed E-state index contributed by atoms with van der Waals surface area (Å²) in [5.41, 5.74) is 3.24. The highest BCUT2D eigenvalue weighted by molar-refractivity contribution is 5.82. The van der Waals surface area contributed by atoms with Crippen LogP contribution in [0.3, 0.4) is 0 Å². The van der Waals surface area contributed by atoms with Crippen LogP contribution in [-0.4, -0.2) is 22.6 Å². The van der Waals surface area contributed by atoms with E-state index >= 15 is 0 Å². The number of aromatic nitrogens is 2. The van der Waals surface area contributed by atoms with E-state index in [9.17, 15) is 4.79 Å². The molecule has 1 heterocycles. The van der Waals surface area contributed by atoms with Crippen LogP contribution in [0.25, 0.3) is 5.69 Å². The molecule has 0 aliphatic carbocycles. The highest BCUT2D eigenvalue weighted by atomic mass is 16.5. The van der Waals surface area contributed by atoms with Crippen LogP contribution < -0.4 is 5.32 Å². The lowest BCUT2D eigenvalue weighted by Gasteiger charge is -2.16. The molecule has 130 valence electrons. The number of carbonyl (C=O) groups excluding carboxylic acids is 1. The van der Waals surface area contributed by atoms with Crippen LogP contribution in [0, 0.1) is 11.3 Å². The van der Waals surface area contributed by atoms with Gasteiger partial charge in [0.2, 0.25) is 0 Å². The summed E-state index contributed by atoms with van der Waals surface area (Å²) >= 11 is 0. The summed E-state index contributed by atoms with van der Waals surface area (Å²) in [6.07, 6.45) is 4.59. The molecule has 1 amide bonds. The van der Waals surface area contributed by atoms with Gasteiger partial charge in [0.1, 0.15) is 0 Å². The Balaban J connectivity index is 1.65. The third-order valence-corrected chi connectivity index (χ3v) is 4.02. The monoisotopic (exact) mass is 346 g/mol. The zero-order chi connectivity index (χ0) is 18.4. The number of imidazole rings is 1. The number of nitrogens with zero attached hydrogens (tertiary/aromatic N) is 3. The number of carbonyl (C=O) groups is 1. The smallest absolute Gasteiger partial charge is 0.254 e. The SMILES string of the molecule is COC(C(=O)NCc1ccc(C#N)cc1)c1ccc(-n2ccnc2)cc1. The topological polar surface area (TPSA) is 79.9 Å². The fraction of sp³-hybridized carbons (Fsp3) is 0.150. The van der Waals surface area contributed by atoms with Crippen LogP contribution in [0.15, 0.2) is 67.3 Å². The minimum Gasteiger partial charge on any atom is -0.367 e. The van der Waals surface area contributed by atoms with Gasteiger partial charge in [-0.1, -0.05) is 24.3 Å². The fourth-order valence-electron chi connectivity index (χ4n) is 2.61. The van der Waals surface area contributed by atoms with Crippen LogP contribution in [-0.2, 0) is 16.1 Å². The molecule has 6 nitrogen and oxygen atoms in total. The number of rotatable bonds is 6. The lowest BCUT2D eigenvalue weighted by molar-refractivity contribution is -0.131. The Kier molecular flexibility index (Phi) is 5.42. The average Bonchev–Trinajstić information content (AvgIpc) is 3.23. The van der Waals surface area contributed by atoms with Gasteiger partial charge in [-0.15, -0.1) is 0 Å². The predicted molar refractivity (Wildman–Crippen MR) is 96.3 cm³/mol. The largest absolute Gasteiger partial charge is 0.367 e. The maximum atomic E-state index is 12.5. The van der Waals surface area contributed by atoms with Crippen LogP contribution in [0.5, 0.6) is 0 Å². The number of nitriles is 1. The second-order valence-electron chi connectivity index (χ2n) is 5.70. The third kappa shape index (κ3) is 3.97. The average molecular weight is 346 g/mol. The van der Waals surface area contributed by atoms with Gasteiger partial charge < -0.3 is 14.6 Å². The van der Waals surface area contributed by atoms with Crippen LogP contribution in [0.4, 0.5) is 0 Å². The molecule has 2 aromatic carbocycles. The Morgan fingerprint density at radius 2 is 1.96 bits per heavy atom. The molecule has 26 heavy (non-hydrogen) atoms. The van der Waals surface area contributed by atoms with Gasteiger partial charge in [0.25, 0.3) is 5.91 Å². The molecule has 0 fully saturated rings. The van der Waals surface area contributed by atoms with Gasteiger partial charge in [-0.05, 0) is 35.4 Å². The van der Waals surface area contributed by atoms with Crippen molar-refractivity contribution in [1.82, 2.24) is 14.9 Å². The fourth-order valence-corrected chi connectivity index (χ4v) is 2.61. The van der Waals surface area contributed by atoms with E-state index in [-0.39, 0.29) is 5.91 Å². The van der Waals surface area contributed by atoms with Crippen LogP contribution in [0.1, 0.15) is 22.8 Å². The molecule has 0 saturated heterocycles. The Hall–Kier alpha value is -3.43. The van der Waals surface area contributed by atoms with E-state index in [1.165, 1.54) is 7.11 Å². The maximum absolute atomic E-state index is 12.5. The van der Waals surface area contributed by atoms with Gasteiger partial charge in [0.05, 0.1) is 18.0 Å². The number of ether oxygens (including phenoxy) is 1. The van der Waals surface area contributed by atoms with Gasteiger partial charge in [-0.2, -0.15) is 5.26 Å². The van der Waals surface area contributed by atoms with Crippen molar-refractivity contribution in [3.05, 3.63) is 83.9 Å². The van der Waals surface area contributed by atoms with E-state index in [4.69, 9.17) is 10.00 Å². The number of methoxy groups -OCH3 is 1. The number of hydrogen-bond acceptors (Lipinski definition) is 4. The normalized spacial score (nSPS) is 11.5. The molecule has 1 aromatic heterocycles. The van der Waals surface area contributed by atoms with Crippen molar-refractivity contribution in [1.29, 1.82) is 5.26 Å². The standard InChI is InChI=1S/C20H18N4O2/c1-26-19(17-6-8-18(9-7-17)24-11-10-22-14-24)20(25)23-13-16-4-2-15(12-21)3-5-16/h2-11,14,19H,13H2,1H3,(H,23,25). The molecule has 1 atom stereocenters. The first-order valence-electron chi connectivity index (χ1n) is 8.09. The molecular formula is C20H18N4O2. The Bertz CT molecular complexity index is 894. The number of hydrogen-bond donors (Lipinski definition) is 1. The van der Waals surface area contributed by atoms with Crippen molar-refractivity contribution >= 4 is 5.91 Å². The summed E-state index contributed by atoms with van der Waals surface area (Å²) in [6.45, 7) is 0.373. The lowest BCUT2D eigenvalue weighted by Crippen LogP contribution is -2.30. The van der Waals surface area contributed by atoms with Crippen molar-refractivity contribution < 1.29 is 9.53 Å². The Labute approximate surface area is 151 Å². The first-order valence-corrected chi connectivity index (χ1v) is 8.09. The zero-order valence-electron chi connectivity index (χ0n) is 14.3. The van der Waals surface area contributed by atoms with E-state index < -0.39 is 6.10 Å². The summed E-state index contributed by atoms with van der Waals surface area (Å²) in [7, 11) is 1.51. The van der Waals surface area contributed by atoms with Crippen molar-refractivity contribution in [2.45, 2.75) is 12.6 Å². The van der Waals surface area contributed by atoms with Gasteiger partial charge in [0, 0.05) is 31.7 Å². The van der Waals surface area contributed by atoms with Gasteiger partial charge >= 0.3 is 0 Å². The number of benzene rings is 2.